The molecule has 1 aliphatic heterocycles. The summed E-state index contributed by atoms with van der Waals surface area (Å²) in [4.78, 5) is 12.4. The van der Waals surface area contributed by atoms with Gasteiger partial charge >= 0.3 is 0 Å². The van der Waals surface area contributed by atoms with Crippen molar-refractivity contribution in [2.45, 2.75) is 24.7 Å². The normalized spacial score (nSPS) is 16.4. The summed E-state index contributed by atoms with van der Waals surface area (Å²) < 4.78 is 5.53. The summed E-state index contributed by atoms with van der Waals surface area (Å²) >= 11 is 12.1. The third-order valence-corrected chi connectivity index (χ3v) is 5.28. The molecule has 0 atom stereocenters. The Kier molecular flexibility index (Phi) is 6.00. The average molecular weight is 378 g/mol. The lowest BCUT2D eigenvalue weighted by Crippen LogP contribution is -2.45. The van der Waals surface area contributed by atoms with Crippen LogP contribution in [0.5, 0.6) is 0 Å². The lowest BCUT2D eigenvalue weighted by molar-refractivity contribution is -0.120. The van der Waals surface area contributed by atoms with Crippen molar-refractivity contribution < 1.29 is 9.53 Å². The van der Waals surface area contributed by atoms with Crippen molar-refractivity contribution in [3.63, 3.8) is 0 Å². The molecule has 5 heteroatoms. The summed E-state index contributed by atoms with van der Waals surface area (Å²) in [6.45, 7) is 1.97. The van der Waals surface area contributed by atoms with Gasteiger partial charge < -0.3 is 10.1 Å². The number of carbonyl (C=O) groups excluding carboxylic acids is 1. The average Bonchev–Trinajstić information content (AvgIpc) is 2.63. The van der Waals surface area contributed by atoms with Gasteiger partial charge in [0.2, 0.25) is 5.91 Å². The first-order chi connectivity index (χ1) is 12.1. The fraction of sp³-hybridized carbons (Fsp3) is 0.350. The molecule has 0 aromatic heterocycles. The Hall–Kier alpha value is -1.55. The van der Waals surface area contributed by atoms with E-state index in [1.165, 1.54) is 0 Å². The van der Waals surface area contributed by atoms with Crippen LogP contribution in [0.15, 0.2) is 48.5 Å². The van der Waals surface area contributed by atoms with Crippen molar-refractivity contribution in [1.29, 1.82) is 0 Å². The zero-order chi connectivity index (χ0) is 17.7. The lowest BCUT2D eigenvalue weighted by Gasteiger charge is -2.38. The van der Waals surface area contributed by atoms with Crippen LogP contribution >= 0.6 is 23.2 Å². The predicted octanol–water partition coefficient (Wildman–Crippen LogP) is 4.40. The quantitative estimate of drug-likeness (QED) is 0.838. The molecule has 2 aromatic carbocycles. The van der Waals surface area contributed by atoms with Crippen molar-refractivity contribution in [2.75, 3.05) is 19.8 Å². The molecule has 3 nitrogen and oxygen atoms in total. The van der Waals surface area contributed by atoms with E-state index in [0.717, 1.165) is 29.0 Å². The summed E-state index contributed by atoms with van der Waals surface area (Å²) in [5.41, 5.74) is 1.99. The Morgan fingerprint density at radius 2 is 1.76 bits per heavy atom. The SMILES string of the molecule is O=C(Cc1ccc(Cl)cc1)NCC1(c2cccc(Cl)c2)CCOCC1. The van der Waals surface area contributed by atoms with E-state index in [9.17, 15) is 4.79 Å². The summed E-state index contributed by atoms with van der Waals surface area (Å²) in [5.74, 6) is 0.00946. The Balaban J connectivity index is 1.68. The van der Waals surface area contributed by atoms with E-state index in [-0.39, 0.29) is 11.3 Å². The highest BCUT2D eigenvalue weighted by Gasteiger charge is 2.35. The van der Waals surface area contributed by atoms with E-state index in [2.05, 4.69) is 11.4 Å². The molecule has 2 aromatic rings. The second-order valence-corrected chi connectivity index (χ2v) is 7.36. The van der Waals surface area contributed by atoms with Crippen LogP contribution in [0, 0.1) is 0 Å². The Morgan fingerprint density at radius 1 is 1.04 bits per heavy atom. The Bertz CT molecular complexity index is 725. The van der Waals surface area contributed by atoms with Crippen LogP contribution in [0.25, 0.3) is 0 Å². The Labute approximate surface area is 158 Å². The molecular formula is C20H21Cl2NO2. The molecule has 1 heterocycles. The van der Waals surface area contributed by atoms with Gasteiger partial charge in [0.05, 0.1) is 6.42 Å². The van der Waals surface area contributed by atoms with Crippen molar-refractivity contribution in [3.05, 3.63) is 69.7 Å². The van der Waals surface area contributed by atoms with Gasteiger partial charge in [0.15, 0.2) is 0 Å². The van der Waals surface area contributed by atoms with Gasteiger partial charge in [-0.3, -0.25) is 4.79 Å². The zero-order valence-electron chi connectivity index (χ0n) is 13.9. The van der Waals surface area contributed by atoms with E-state index < -0.39 is 0 Å². The van der Waals surface area contributed by atoms with E-state index in [1.54, 1.807) is 12.1 Å². The topological polar surface area (TPSA) is 38.3 Å². The van der Waals surface area contributed by atoms with Crippen molar-refractivity contribution >= 4 is 29.1 Å². The van der Waals surface area contributed by atoms with Gasteiger partial charge in [-0.15, -0.1) is 0 Å². The zero-order valence-corrected chi connectivity index (χ0v) is 15.4. The minimum Gasteiger partial charge on any atom is -0.381 e. The van der Waals surface area contributed by atoms with Crippen LogP contribution in [0.1, 0.15) is 24.0 Å². The van der Waals surface area contributed by atoms with Crippen LogP contribution < -0.4 is 5.32 Å². The molecule has 132 valence electrons. The van der Waals surface area contributed by atoms with E-state index in [1.807, 2.05) is 30.3 Å². The number of halogens is 2. The Morgan fingerprint density at radius 3 is 2.44 bits per heavy atom. The highest BCUT2D eigenvalue weighted by Crippen LogP contribution is 2.35. The van der Waals surface area contributed by atoms with E-state index in [4.69, 9.17) is 27.9 Å². The molecule has 0 aliphatic carbocycles. The second kappa shape index (κ2) is 8.22. The molecule has 0 spiro atoms. The molecule has 1 fully saturated rings. The van der Waals surface area contributed by atoms with Crippen molar-refractivity contribution in [1.82, 2.24) is 5.32 Å². The number of benzene rings is 2. The summed E-state index contributed by atoms with van der Waals surface area (Å²) in [5, 5.41) is 4.49. The maximum absolute atomic E-state index is 12.4. The van der Waals surface area contributed by atoms with Gasteiger partial charge in [-0.1, -0.05) is 47.5 Å². The van der Waals surface area contributed by atoms with Crippen LogP contribution in [0.4, 0.5) is 0 Å². The first kappa shape index (κ1) is 18.2. The van der Waals surface area contributed by atoms with Gasteiger partial charge in [-0.2, -0.15) is 0 Å². The maximum Gasteiger partial charge on any atom is 0.224 e. The van der Waals surface area contributed by atoms with Crippen molar-refractivity contribution in [2.24, 2.45) is 0 Å². The molecule has 3 rings (SSSR count). The molecule has 0 bridgehead atoms. The molecule has 1 aliphatic rings. The van der Waals surface area contributed by atoms with Gasteiger partial charge in [-0.05, 0) is 48.2 Å². The third kappa shape index (κ3) is 4.75. The largest absolute Gasteiger partial charge is 0.381 e. The standard InChI is InChI=1S/C20H21Cl2NO2/c21-17-6-4-15(5-7-17)12-19(24)23-14-20(8-10-25-11-9-20)16-2-1-3-18(22)13-16/h1-7,13H,8-12,14H2,(H,23,24). The lowest BCUT2D eigenvalue weighted by atomic mass is 9.74. The first-order valence-corrected chi connectivity index (χ1v) is 9.18. The molecular weight excluding hydrogens is 357 g/mol. The van der Waals surface area contributed by atoms with Crippen LogP contribution in [-0.4, -0.2) is 25.7 Å². The van der Waals surface area contributed by atoms with E-state index >= 15 is 0 Å². The highest BCUT2D eigenvalue weighted by molar-refractivity contribution is 6.30. The fourth-order valence-electron chi connectivity index (χ4n) is 3.27. The predicted molar refractivity (Wildman–Crippen MR) is 101 cm³/mol. The first-order valence-electron chi connectivity index (χ1n) is 8.42. The number of rotatable bonds is 5. The number of nitrogens with one attached hydrogen (secondary N) is 1. The maximum atomic E-state index is 12.4. The van der Waals surface area contributed by atoms with Gasteiger partial charge in [0.25, 0.3) is 0 Å². The number of hydrogen-bond acceptors (Lipinski definition) is 2. The number of ether oxygens (including phenoxy) is 1. The van der Waals surface area contributed by atoms with Gasteiger partial charge in [0.1, 0.15) is 0 Å². The smallest absolute Gasteiger partial charge is 0.224 e. The number of carbonyl (C=O) groups is 1. The van der Waals surface area contributed by atoms with Crippen molar-refractivity contribution in [3.8, 4) is 0 Å². The molecule has 0 unspecified atom stereocenters. The molecule has 1 amide bonds. The minimum atomic E-state index is -0.126. The van der Waals surface area contributed by atoms with E-state index in [0.29, 0.717) is 31.2 Å². The minimum absolute atomic E-state index is 0.00946. The third-order valence-electron chi connectivity index (χ3n) is 4.79. The number of hydrogen-bond donors (Lipinski definition) is 1. The van der Waals surface area contributed by atoms with Crippen LogP contribution in [0.2, 0.25) is 10.0 Å². The fourth-order valence-corrected chi connectivity index (χ4v) is 3.58. The molecule has 0 radical (unpaired) electrons. The number of amides is 1. The second-order valence-electron chi connectivity index (χ2n) is 6.48. The summed E-state index contributed by atoms with van der Waals surface area (Å²) in [6, 6.07) is 15.3. The van der Waals surface area contributed by atoms with Gasteiger partial charge in [-0.25, -0.2) is 0 Å². The summed E-state index contributed by atoms with van der Waals surface area (Å²) in [7, 11) is 0. The highest BCUT2D eigenvalue weighted by atomic mass is 35.5. The van der Waals surface area contributed by atoms with Crippen LogP contribution in [0.3, 0.4) is 0 Å². The monoisotopic (exact) mass is 377 g/mol. The van der Waals surface area contributed by atoms with Gasteiger partial charge in [0, 0.05) is 35.2 Å². The molecule has 25 heavy (non-hydrogen) atoms. The molecule has 1 N–H and O–H groups in total. The molecule has 0 saturated carbocycles. The summed E-state index contributed by atoms with van der Waals surface area (Å²) in [6.07, 6.45) is 2.09. The van der Waals surface area contributed by atoms with Crippen LogP contribution in [-0.2, 0) is 21.4 Å². The molecule has 1 saturated heterocycles.